The zero-order chi connectivity index (χ0) is 12.6. The Morgan fingerprint density at radius 2 is 2.29 bits per heavy atom. The molecule has 2 N–H and O–H groups in total. The number of aliphatic hydroxyl groups excluding tert-OH is 1. The zero-order valence-corrected chi connectivity index (χ0v) is 9.31. The highest BCUT2D eigenvalue weighted by atomic mass is 19.1. The molecular formula is C11H13FN2O3. The first-order valence-electron chi connectivity index (χ1n) is 5.33. The molecule has 0 spiro atoms. The van der Waals surface area contributed by atoms with Crippen LogP contribution in [0.5, 0.6) is 0 Å². The van der Waals surface area contributed by atoms with Crippen LogP contribution in [0, 0.1) is 12.8 Å². The number of H-pyrrole nitrogens is 1. The number of halogens is 1. The van der Waals surface area contributed by atoms with E-state index in [1.165, 1.54) is 16.8 Å². The number of rotatable bonds is 2. The van der Waals surface area contributed by atoms with E-state index in [-0.39, 0.29) is 6.61 Å². The minimum atomic E-state index is -0.562. The van der Waals surface area contributed by atoms with Crippen molar-refractivity contribution in [3.05, 3.63) is 44.5 Å². The van der Waals surface area contributed by atoms with Crippen molar-refractivity contribution >= 4 is 0 Å². The van der Waals surface area contributed by atoms with E-state index >= 15 is 0 Å². The van der Waals surface area contributed by atoms with E-state index in [1.54, 1.807) is 6.92 Å². The molecule has 1 heterocycles. The van der Waals surface area contributed by atoms with Gasteiger partial charge in [0.1, 0.15) is 5.83 Å². The van der Waals surface area contributed by atoms with Crippen LogP contribution in [-0.2, 0) is 0 Å². The summed E-state index contributed by atoms with van der Waals surface area (Å²) in [6.45, 7) is 1.29. The van der Waals surface area contributed by atoms with Crippen molar-refractivity contribution < 1.29 is 9.50 Å². The molecule has 0 saturated heterocycles. The molecule has 0 radical (unpaired) electrons. The highest BCUT2D eigenvalue weighted by Gasteiger charge is 2.28. The third-order valence-corrected chi connectivity index (χ3v) is 2.99. The summed E-state index contributed by atoms with van der Waals surface area (Å²) in [7, 11) is 0. The minimum absolute atomic E-state index is 0.282. The molecule has 2 rings (SSSR count). The lowest BCUT2D eigenvalue weighted by molar-refractivity contribution is 0.223. The molecule has 0 fully saturated rings. The lowest BCUT2D eigenvalue weighted by Gasteiger charge is -2.13. The van der Waals surface area contributed by atoms with Crippen LogP contribution in [0.4, 0.5) is 4.39 Å². The van der Waals surface area contributed by atoms with Gasteiger partial charge in [-0.2, -0.15) is 0 Å². The van der Waals surface area contributed by atoms with Crippen LogP contribution in [0.2, 0.25) is 0 Å². The summed E-state index contributed by atoms with van der Waals surface area (Å²) >= 11 is 0. The third-order valence-electron chi connectivity index (χ3n) is 2.99. The summed E-state index contributed by atoms with van der Waals surface area (Å²) in [6, 6.07) is -0.449. The highest BCUT2D eigenvalue weighted by molar-refractivity contribution is 5.13. The van der Waals surface area contributed by atoms with Crippen LogP contribution in [0.25, 0.3) is 0 Å². The number of hydrogen-bond donors (Lipinski definition) is 2. The average Bonchev–Trinajstić information content (AvgIpc) is 2.65. The molecule has 0 bridgehead atoms. The van der Waals surface area contributed by atoms with Crippen molar-refractivity contribution in [2.75, 3.05) is 6.61 Å². The first-order chi connectivity index (χ1) is 8.02. The van der Waals surface area contributed by atoms with Crippen molar-refractivity contribution in [3.63, 3.8) is 0 Å². The van der Waals surface area contributed by atoms with Crippen molar-refractivity contribution in [2.45, 2.75) is 19.4 Å². The first-order valence-corrected chi connectivity index (χ1v) is 5.33. The molecular weight excluding hydrogens is 227 g/mol. The Labute approximate surface area is 96.2 Å². The van der Waals surface area contributed by atoms with Gasteiger partial charge in [-0.25, -0.2) is 9.18 Å². The maximum absolute atomic E-state index is 13.3. The highest BCUT2D eigenvalue weighted by Crippen LogP contribution is 2.33. The van der Waals surface area contributed by atoms with Crippen LogP contribution in [0.3, 0.4) is 0 Å². The molecule has 0 aromatic carbocycles. The van der Waals surface area contributed by atoms with Crippen molar-refractivity contribution in [1.82, 2.24) is 9.55 Å². The van der Waals surface area contributed by atoms with E-state index in [0.717, 1.165) is 0 Å². The van der Waals surface area contributed by atoms with Gasteiger partial charge in [0, 0.05) is 17.7 Å². The Hall–Kier alpha value is -1.69. The fourth-order valence-corrected chi connectivity index (χ4v) is 1.98. The number of aromatic nitrogens is 2. The summed E-state index contributed by atoms with van der Waals surface area (Å²) in [6.07, 6.45) is 3.04. The summed E-state index contributed by atoms with van der Waals surface area (Å²) in [4.78, 5) is 24.9. The topological polar surface area (TPSA) is 75.1 Å². The van der Waals surface area contributed by atoms with Gasteiger partial charge in [0.15, 0.2) is 0 Å². The van der Waals surface area contributed by atoms with Gasteiger partial charge in [-0.1, -0.05) is 0 Å². The molecule has 1 aliphatic rings. The van der Waals surface area contributed by atoms with Gasteiger partial charge in [0.25, 0.3) is 5.56 Å². The molecule has 92 valence electrons. The summed E-state index contributed by atoms with van der Waals surface area (Å²) < 4.78 is 14.6. The van der Waals surface area contributed by atoms with Crippen LogP contribution in [0.1, 0.15) is 18.0 Å². The number of allylic oxidation sites excluding steroid dienone is 1. The Bertz CT molecular complexity index is 573. The van der Waals surface area contributed by atoms with E-state index in [0.29, 0.717) is 12.0 Å². The third kappa shape index (κ3) is 2.08. The maximum Gasteiger partial charge on any atom is 0.328 e. The lowest BCUT2D eigenvalue weighted by atomic mass is 10.1. The second kappa shape index (κ2) is 4.29. The van der Waals surface area contributed by atoms with Gasteiger partial charge in [-0.3, -0.25) is 14.3 Å². The number of aromatic amines is 1. The minimum Gasteiger partial charge on any atom is -0.396 e. The van der Waals surface area contributed by atoms with Crippen LogP contribution in [-0.4, -0.2) is 21.3 Å². The fraction of sp³-hybridized carbons (Fsp3) is 0.455. The van der Waals surface area contributed by atoms with Gasteiger partial charge in [0.05, 0.1) is 12.6 Å². The predicted octanol–water partition coefficient (Wildman–Crippen LogP) is 0.252. The van der Waals surface area contributed by atoms with Crippen LogP contribution >= 0.6 is 0 Å². The average molecular weight is 240 g/mol. The largest absolute Gasteiger partial charge is 0.396 e. The number of nitrogens with one attached hydrogen (secondary N) is 1. The number of nitrogens with zero attached hydrogens (tertiary/aromatic N) is 1. The molecule has 0 aliphatic heterocycles. The number of hydrogen-bond acceptors (Lipinski definition) is 3. The predicted molar refractivity (Wildman–Crippen MR) is 59.5 cm³/mol. The summed E-state index contributed by atoms with van der Waals surface area (Å²) in [5, 5.41) is 8.94. The molecule has 17 heavy (non-hydrogen) atoms. The molecule has 6 heteroatoms. The second-order valence-corrected chi connectivity index (χ2v) is 4.21. The number of aryl methyl sites for hydroxylation is 1. The van der Waals surface area contributed by atoms with E-state index in [2.05, 4.69) is 4.98 Å². The zero-order valence-electron chi connectivity index (χ0n) is 9.31. The van der Waals surface area contributed by atoms with E-state index in [1.807, 2.05) is 0 Å². The second-order valence-electron chi connectivity index (χ2n) is 4.21. The number of aliphatic hydroxyl groups is 1. The Morgan fingerprint density at radius 1 is 1.59 bits per heavy atom. The van der Waals surface area contributed by atoms with Crippen molar-refractivity contribution in [1.29, 1.82) is 0 Å². The van der Waals surface area contributed by atoms with E-state index in [4.69, 9.17) is 5.11 Å². The molecule has 0 unspecified atom stereocenters. The lowest BCUT2D eigenvalue weighted by Crippen LogP contribution is -2.32. The maximum atomic E-state index is 13.3. The molecule has 0 amide bonds. The standard InChI is InChI=1S/C11H13FN2O3/c1-6-4-14(11(17)13-10(6)16)8-2-7(5-15)9(12)3-8/h3-4,7-8,15H,2,5H2,1H3,(H,13,16,17)/t7-,8+/m1/s1. The first kappa shape index (κ1) is 11.8. The Morgan fingerprint density at radius 3 is 2.88 bits per heavy atom. The smallest absolute Gasteiger partial charge is 0.328 e. The molecule has 0 saturated carbocycles. The summed E-state index contributed by atoms with van der Waals surface area (Å²) in [5.74, 6) is -0.965. The van der Waals surface area contributed by atoms with Crippen molar-refractivity contribution in [3.8, 4) is 0 Å². The van der Waals surface area contributed by atoms with Gasteiger partial charge < -0.3 is 5.11 Å². The van der Waals surface area contributed by atoms with Gasteiger partial charge in [-0.15, -0.1) is 0 Å². The molecule has 1 aliphatic carbocycles. The van der Waals surface area contributed by atoms with Gasteiger partial charge >= 0.3 is 5.69 Å². The molecule has 5 nitrogen and oxygen atoms in total. The quantitative estimate of drug-likeness (QED) is 0.778. The van der Waals surface area contributed by atoms with Gasteiger partial charge in [-0.05, 0) is 19.4 Å². The summed E-state index contributed by atoms with van der Waals surface area (Å²) in [5.41, 5.74) is -0.605. The van der Waals surface area contributed by atoms with E-state index in [9.17, 15) is 14.0 Å². The molecule has 2 atom stereocenters. The van der Waals surface area contributed by atoms with Crippen LogP contribution in [0.15, 0.2) is 27.7 Å². The van der Waals surface area contributed by atoms with Crippen molar-refractivity contribution in [2.24, 2.45) is 5.92 Å². The Kier molecular flexibility index (Phi) is 2.97. The SMILES string of the molecule is Cc1cn([C@@H]2C=C(F)[C@@H](CO)C2)c(=O)[nH]c1=O. The molecule has 1 aromatic rings. The Balaban J connectivity index is 2.41. The molecule has 1 aromatic heterocycles. The fourth-order valence-electron chi connectivity index (χ4n) is 1.98. The normalized spacial score (nSPS) is 23.8. The monoisotopic (exact) mass is 240 g/mol. The van der Waals surface area contributed by atoms with Gasteiger partial charge in [0.2, 0.25) is 0 Å². The van der Waals surface area contributed by atoms with Crippen LogP contribution < -0.4 is 11.2 Å². The van der Waals surface area contributed by atoms with E-state index < -0.39 is 29.0 Å².